The number of hydrogen-bond donors (Lipinski definition) is 2. The molecular weight excluding hydrogens is 573 g/mol. The van der Waals surface area contributed by atoms with Gasteiger partial charge in [0, 0.05) is 18.7 Å². The van der Waals surface area contributed by atoms with Gasteiger partial charge in [-0.1, -0.05) is 11.6 Å². The van der Waals surface area contributed by atoms with Crippen molar-refractivity contribution in [2.24, 2.45) is 0 Å². The molecule has 0 spiro atoms. The van der Waals surface area contributed by atoms with E-state index in [9.17, 15) is 14.0 Å². The molecule has 2 aliphatic heterocycles. The maximum Gasteiger partial charge on any atom is 0.257 e. The van der Waals surface area contributed by atoms with Crippen LogP contribution < -0.4 is 20.1 Å². The molecule has 3 aliphatic rings. The molecule has 1 aromatic heterocycles. The van der Waals surface area contributed by atoms with Crippen molar-refractivity contribution in [3.63, 3.8) is 0 Å². The van der Waals surface area contributed by atoms with Gasteiger partial charge in [-0.15, -0.1) is 0 Å². The van der Waals surface area contributed by atoms with Crippen LogP contribution in [0.5, 0.6) is 11.6 Å². The van der Waals surface area contributed by atoms with E-state index in [2.05, 4.69) is 15.6 Å². The molecule has 9 nitrogen and oxygen atoms in total. The Morgan fingerprint density at radius 2 is 1.67 bits per heavy atom. The normalized spacial score (nSPS) is 22.9. The van der Waals surface area contributed by atoms with Crippen molar-refractivity contribution in [3.05, 3.63) is 53.0 Å². The van der Waals surface area contributed by atoms with E-state index in [0.29, 0.717) is 50.2 Å². The summed E-state index contributed by atoms with van der Waals surface area (Å²) in [4.78, 5) is 30.5. The van der Waals surface area contributed by atoms with Gasteiger partial charge in [0.05, 0.1) is 18.4 Å². The number of carbonyl (C=O) groups excluding carboxylic acids is 2. The fraction of sp³-hybridized carbons (Fsp3) is 0.594. The summed E-state index contributed by atoms with van der Waals surface area (Å²) >= 11 is 1.88. The van der Waals surface area contributed by atoms with Gasteiger partial charge in [-0.3, -0.25) is 9.59 Å². The Balaban J connectivity index is 1.10. The van der Waals surface area contributed by atoms with Crippen molar-refractivity contribution in [2.45, 2.75) is 89.2 Å². The number of ether oxygens (including phenoxy) is 4. The van der Waals surface area contributed by atoms with Crippen molar-refractivity contribution in [2.75, 3.05) is 31.3 Å². The van der Waals surface area contributed by atoms with E-state index in [4.69, 9.17) is 18.9 Å². The summed E-state index contributed by atoms with van der Waals surface area (Å²) in [5.41, 5.74) is 1.58. The zero-order chi connectivity index (χ0) is 30.0. The van der Waals surface area contributed by atoms with E-state index in [-0.39, 0.29) is 47.7 Å². The smallest absolute Gasteiger partial charge is 0.257 e. The SMILES string of the molecule is Cc1ccc(OCCOC2CCCCO2)c(C(=O)N[C@H]2CC[C@@H](NC(=O)c3cc(F)cnc3OC3CCSCC3)CC2)c1. The van der Waals surface area contributed by atoms with E-state index in [1.807, 2.05) is 36.9 Å². The van der Waals surface area contributed by atoms with Gasteiger partial charge in [-0.2, -0.15) is 11.8 Å². The largest absolute Gasteiger partial charge is 0.490 e. The highest BCUT2D eigenvalue weighted by molar-refractivity contribution is 7.99. The molecular formula is C32H42FN3O6S. The van der Waals surface area contributed by atoms with Crippen molar-refractivity contribution >= 4 is 23.6 Å². The van der Waals surface area contributed by atoms with E-state index in [0.717, 1.165) is 62.0 Å². The number of thioether (sulfide) groups is 1. The fourth-order valence-corrected chi connectivity index (χ4v) is 6.73. The summed E-state index contributed by atoms with van der Waals surface area (Å²) in [5.74, 6) is 1.55. The van der Waals surface area contributed by atoms with Crippen LogP contribution in [0, 0.1) is 12.7 Å². The topological polar surface area (TPSA) is 108 Å². The minimum Gasteiger partial charge on any atom is -0.490 e. The highest BCUT2D eigenvalue weighted by atomic mass is 32.2. The first kappa shape index (κ1) is 31.5. The second-order valence-corrected chi connectivity index (χ2v) is 12.7. The minimum atomic E-state index is -0.576. The first-order valence-corrected chi connectivity index (χ1v) is 16.6. The summed E-state index contributed by atoms with van der Waals surface area (Å²) in [6.45, 7) is 3.37. The lowest BCUT2D eigenvalue weighted by Gasteiger charge is -2.30. The van der Waals surface area contributed by atoms with Gasteiger partial charge < -0.3 is 29.6 Å². The molecule has 3 fully saturated rings. The first-order chi connectivity index (χ1) is 20.9. The second-order valence-electron chi connectivity index (χ2n) is 11.4. The number of carbonyl (C=O) groups is 2. The lowest BCUT2D eigenvalue weighted by Crippen LogP contribution is -2.44. The van der Waals surface area contributed by atoms with E-state index in [1.165, 1.54) is 6.07 Å². The van der Waals surface area contributed by atoms with Gasteiger partial charge in [0.1, 0.15) is 29.8 Å². The number of halogens is 1. The van der Waals surface area contributed by atoms with Crippen molar-refractivity contribution in [1.82, 2.24) is 15.6 Å². The van der Waals surface area contributed by atoms with Crippen LogP contribution in [0.15, 0.2) is 30.5 Å². The summed E-state index contributed by atoms with van der Waals surface area (Å²) in [5, 5.41) is 6.18. The second kappa shape index (κ2) is 15.7. The van der Waals surface area contributed by atoms with Crippen LogP contribution in [-0.2, 0) is 9.47 Å². The summed E-state index contributed by atoms with van der Waals surface area (Å²) in [6.07, 6.45) is 8.48. The molecule has 1 unspecified atom stereocenters. The van der Waals surface area contributed by atoms with Crippen LogP contribution in [0.25, 0.3) is 0 Å². The maximum absolute atomic E-state index is 14.0. The average Bonchev–Trinajstić information content (AvgIpc) is 3.02. The molecule has 3 heterocycles. The first-order valence-electron chi connectivity index (χ1n) is 15.4. The molecule has 1 saturated carbocycles. The number of nitrogens with one attached hydrogen (secondary N) is 2. The molecule has 1 atom stereocenters. The molecule has 0 bridgehead atoms. The van der Waals surface area contributed by atoms with Crippen LogP contribution in [0.1, 0.15) is 84.1 Å². The minimum absolute atomic E-state index is 0.0198. The molecule has 2 saturated heterocycles. The number of pyridine rings is 1. The average molecular weight is 616 g/mol. The maximum atomic E-state index is 14.0. The molecule has 2 aromatic rings. The Morgan fingerprint density at radius 3 is 2.37 bits per heavy atom. The van der Waals surface area contributed by atoms with Crippen molar-refractivity contribution in [1.29, 1.82) is 0 Å². The number of benzene rings is 1. The quantitative estimate of drug-likeness (QED) is 0.333. The lowest BCUT2D eigenvalue weighted by molar-refractivity contribution is -0.165. The van der Waals surface area contributed by atoms with E-state index in [1.54, 1.807) is 0 Å². The van der Waals surface area contributed by atoms with Gasteiger partial charge >= 0.3 is 0 Å². The van der Waals surface area contributed by atoms with Gasteiger partial charge in [-0.25, -0.2) is 9.37 Å². The molecule has 43 heavy (non-hydrogen) atoms. The fourth-order valence-electron chi connectivity index (χ4n) is 5.66. The molecule has 0 radical (unpaired) electrons. The Hall–Kier alpha value is -2.89. The Labute approximate surface area is 257 Å². The van der Waals surface area contributed by atoms with Crippen LogP contribution in [-0.4, -0.2) is 72.6 Å². The van der Waals surface area contributed by atoms with Crippen LogP contribution in [0.3, 0.4) is 0 Å². The number of amides is 2. The molecule has 2 N–H and O–H groups in total. The van der Waals surface area contributed by atoms with Crippen LogP contribution in [0.2, 0.25) is 0 Å². The van der Waals surface area contributed by atoms with E-state index >= 15 is 0 Å². The summed E-state index contributed by atoms with van der Waals surface area (Å²) in [6, 6.07) is 6.65. The monoisotopic (exact) mass is 615 g/mol. The van der Waals surface area contributed by atoms with Crippen LogP contribution in [0.4, 0.5) is 4.39 Å². The predicted octanol–water partition coefficient (Wildman–Crippen LogP) is 5.20. The van der Waals surface area contributed by atoms with Gasteiger partial charge in [0.25, 0.3) is 11.8 Å². The molecule has 234 valence electrons. The summed E-state index contributed by atoms with van der Waals surface area (Å²) in [7, 11) is 0. The number of aryl methyl sites for hydroxylation is 1. The number of hydrogen-bond acceptors (Lipinski definition) is 8. The number of aromatic nitrogens is 1. The van der Waals surface area contributed by atoms with Gasteiger partial charge in [0.15, 0.2) is 6.29 Å². The molecule has 5 rings (SSSR count). The van der Waals surface area contributed by atoms with Crippen LogP contribution >= 0.6 is 11.8 Å². The lowest BCUT2D eigenvalue weighted by atomic mass is 9.90. The standard InChI is InChI=1S/C32H42FN3O6S/c1-21-5-10-28(39-14-15-41-29-4-2-3-13-40-29)26(18-21)30(37)35-23-6-8-24(9-7-23)36-31(38)27-19-22(33)20-34-32(27)42-25-11-16-43-17-12-25/h5,10,18-20,23-25,29H,2-4,6-9,11-17H2,1H3,(H,35,37)(H,36,38)/t23-,24+,29?. The molecule has 1 aliphatic carbocycles. The molecule has 2 amide bonds. The zero-order valence-corrected chi connectivity index (χ0v) is 25.6. The number of rotatable bonds is 11. The zero-order valence-electron chi connectivity index (χ0n) is 24.8. The highest BCUT2D eigenvalue weighted by Crippen LogP contribution is 2.26. The Morgan fingerprint density at radius 1 is 0.953 bits per heavy atom. The number of nitrogens with zero attached hydrogens (tertiary/aromatic N) is 1. The summed E-state index contributed by atoms with van der Waals surface area (Å²) < 4.78 is 37.3. The highest BCUT2D eigenvalue weighted by Gasteiger charge is 2.27. The third-order valence-corrected chi connectivity index (χ3v) is 9.12. The molecule has 1 aromatic carbocycles. The van der Waals surface area contributed by atoms with Crippen molar-refractivity contribution < 1.29 is 32.9 Å². The van der Waals surface area contributed by atoms with E-state index < -0.39 is 5.82 Å². The van der Waals surface area contributed by atoms with Gasteiger partial charge in [-0.05, 0) is 94.4 Å². The van der Waals surface area contributed by atoms with Crippen molar-refractivity contribution in [3.8, 4) is 11.6 Å². The molecule has 11 heteroatoms. The predicted molar refractivity (Wildman–Crippen MR) is 162 cm³/mol. The third kappa shape index (κ3) is 9.30. The Kier molecular flexibility index (Phi) is 11.5. The Bertz CT molecular complexity index is 1230. The van der Waals surface area contributed by atoms with Gasteiger partial charge in [0.2, 0.25) is 5.88 Å². The third-order valence-electron chi connectivity index (χ3n) is 8.07.